The lowest BCUT2D eigenvalue weighted by Gasteiger charge is -2.28. The van der Waals surface area contributed by atoms with E-state index >= 15 is 0 Å². The van der Waals surface area contributed by atoms with E-state index in [9.17, 15) is 9.59 Å². The molecule has 1 aromatic carbocycles. The second-order valence-electron chi connectivity index (χ2n) is 6.27. The lowest BCUT2D eigenvalue weighted by atomic mass is 9.86. The van der Waals surface area contributed by atoms with Gasteiger partial charge < -0.3 is 20.1 Å². The SMILES string of the molecule is CCOc1ccc(CN(C)C(=O)NC2CCC(C(=O)O)CC2)cc1. The zero-order chi connectivity index (χ0) is 17.5. The van der Waals surface area contributed by atoms with Gasteiger partial charge in [0, 0.05) is 19.6 Å². The minimum Gasteiger partial charge on any atom is -0.494 e. The summed E-state index contributed by atoms with van der Waals surface area (Å²) in [6.07, 6.45) is 2.70. The van der Waals surface area contributed by atoms with Crippen molar-refractivity contribution in [2.45, 2.75) is 45.2 Å². The Bertz CT molecular complexity index is 551. The van der Waals surface area contributed by atoms with Crippen LogP contribution in [0.4, 0.5) is 4.79 Å². The highest BCUT2D eigenvalue weighted by Crippen LogP contribution is 2.24. The van der Waals surface area contributed by atoms with Crippen LogP contribution in [-0.4, -0.2) is 41.7 Å². The third-order valence-corrected chi connectivity index (χ3v) is 4.40. The molecule has 6 nitrogen and oxygen atoms in total. The highest BCUT2D eigenvalue weighted by atomic mass is 16.5. The largest absolute Gasteiger partial charge is 0.494 e. The number of carboxylic acids is 1. The van der Waals surface area contributed by atoms with Gasteiger partial charge in [-0.2, -0.15) is 0 Å². The van der Waals surface area contributed by atoms with Crippen molar-refractivity contribution in [1.29, 1.82) is 0 Å². The average molecular weight is 334 g/mol. The van der Waals surface area contributed by atoms with Gasteiger partial charge in [-0.25, -0.2) is 4.79 Å². The minimum atomic E-state index is -0.729. The second-order valence-corrected chi connectivity index (χ2v) is 6.27. The van der Waals surface area contributed by atoms with E-state index in [-0.39, 0.29) is 18.0 Å². The number of urea groups is 1. The predicted molar refractivity (Wildman–Crippen MR) is 91.0 cm³/mol. The first kappa shape index (κ1) is 18.1. The van der Waals surface area contributed by atoms with Crippen LogP contribution >= 0.6 is 0 Å². The molecule has 2 amide bonds. The molecule has 0 atom stereocenters. The number of amides is 2. The number of carboxylic acid groups (broad SMARTS) is 1. The van der Waals surface area contributed by atoms with Crippen molar-refractivity contribution in [3.8, 4) is 5.75 Å². The zero-order valence-corrected chi connectivity index (χ0v) is 14.3. The number of carbonyl (C=O) groups is 2. The first-order valence-corrected chi connectivity index (χ1v) is 8.45. The van der Waals surface area contributed by atoms with Gasteiger partial charge in [0.05, 0.1) is 12.5 Å². The molecule has 1 aliphatic rings. The molecule has 24 heavy (non-hydrogen) atoms. The second kappa shape index (κ2) is 8.57. The lowest BCUT2D eigenvalue weighted by Crippen LogP contribution is -2.44. The fourth-order valence-corrected chi connectivity index (χ4v) is 2.97. The molecule has 2 rings (SSSR count). The van der Waals surface area contributed by atoms with Gasteiger partial charge in [0.1, 0.15) is 5.75 Å². The van der Waals surface area contributed by atoms with Gasteiger partial charge in [0.15, 0.2) is 0 Å². The molecule has 0 aromatic heterocycles. The summed E-state index contributed by atoms with van der Waals surface area (Å²) >= 11 is 0. The molecule has 132 valence electrons. The van der Waals surface area contributed by atoms with Gasteiger partial charge in [-0.1, -0.05) is 12.1 Å². The predicted octanol–water partition coefficient (Wildman–Crippen LogP) is 2.87. The standard InChI is InChI=1S/C18H26N2O4/c1-3-24-16-10-4-13(5-11-16)12-20(2)18(23)19-15-8-6-14(7-9-15)17(21)22/h4-5,10-11,14-15H,3,6-9,12H2,1-2H3,(H,19,23)(H,21,22). The monoisotopic (exact) mass is 334 g/mol. The zero-order valence-electron chi connectivity index (χ0n) is 14.3. The molecule has 1 fully saturated rings. The van der Waals surface area contributed by atoms with E-state index in [0.717, 1.165) is 24.2 Å². The van der Waals surface area contributed by atoms with Crippen molar-refractivity contribution in [2.75, 3.05) is 13.7 Å². The Hall–Kier alpha value is -2.24. The highest BCUT2D eigenvalue weighted by molar-refractivity contribution is 5.74. The van der Waals surface area contributed by atoms with E-state index in [1.165, 1.54) is 0 Å². The summed E-state index contributed by atoms with van der Waals surface area (Å²) in [5, 5.41) is 12.0. The summed E-state index contributed by atoms with van der Waals surface area (Å²) in [4.78, 5) is 24.9. The van der Waals surface area contributed by atoms with Crippen molar-refractivity contribution in [2.24, 2.45) is 5.92 Å². The van der Waals surface area contributed by atoms with Gasteiger partial charge in [-0.05, 0) is 50.3 Å². The number of carbonyl (C=O) groups excluding carboxylic acids is 1. The van der Waals surface area contributed by atoms with Crippen LogP contribution in [0.3, 0.4) is 0 Å². The number of hydrogen-bond acceptors (Lipinski definition) is 3. The Balaban J connectivity index is 1.79. The molecule has 0 heterocycles. The molecule has 0 spiro atoms. The fourth-order valence-electron chi connectivity index (χ4n) is 2.97. The van der Waals surface area contributed by atoms with E-state index in [0.29, 0.717) is 26.0 Å². The van der Waals surface area contributed by atoms with E-state index in [1.807, 2.05) is 31.2 Å². The normalized spacial score (nSPS) is 20.2. The number of aliphatic carboxylic acids is 1. The van der Waals surface area contributed by atoms with Crippen LogP contribution in [0.15, 0.2) is 24.3 Å². The van der Waals surface area contributed by atoms with Crippen molar-refractivity contribution in [3.63, 3.8) is 0 Å². The van der Waals surface area contributed by atoms with Crippen molar-refractivity contribution < 1.29 is 19.4 Å². The van der Waals surface area contributed by atoms with Crippen LogP contribution in [0.5, 0.6) is 5.75 Å². The Morgan fingerprint density at radius 3 is 2.38 bits per heavy atom. The van der Waals surface area contributed by atoms with E-state index in [4.69, 9.17) is 9.84 Å². The van der Waals surface area contributed by atoms with E-state index in [2.05, 4.69) is 5.32 Å². The number of ether oxygens (including phenoxy) is 1. The first-order chi connectivity index (χ1) is 11.5. The summed E-state index contributed by atoms with van der Waals surface area (Å²) in [7, 11) is 1.76. The van der Waals surface area contributed by atoms with Crippen LogP contribution in [0, 0.1) is 5.92 Å². The molecule has 0 radical (unpaired) electrons. The maximum Gasteiger partial charge on any atom is 0.317 e. The molecule has 1 saturated carbocycles. The highest BCUT2D eigenvalue weighted by Gasteiger charge is 2.27. The smallest absolute Gasteiger partial charge is 0.317 e. The lowest BCUT2D eigenvalue weighted by molar-refractivity contribution is -0.142. The van der Waals surface area contributed by atoms with E-state index < -0.39 is 5.97 Å². The molecule has 1 aliphatic carbocycles. The van der Waals surface area contributed by atoms with Crippen LogP contribution < -0.4 is 10.1 Å². The van der Waals surface area contributed by atoms with Crippen molar-refractivity contribution in [1.82, 2.24) is 10.2 Å². The van der Waals surface area contributed by atoms with Crippen molar-refractivity contribution >= 4 is 12.0 Å². The summed E-state index contributed by atoms with van der Waals surface area (Å²) in [5.74, 6) is -0.171. The van der Waals surface area contributed by atoms with Gasteiger partial charge >= 0.3 is 12.0 Å². The topological polar surface area (TPSA) is 78.9 Å². The maximum atomic E-state index is 12.3. The minimum absolute atomic E-state index is 0.0656. The molecule has 0 saturated heterocycles. The van der Waals surface area contributed by atoms with Crippen molar-refractivity contribution in [3.05, 3.63) is 29.8 Å². The quantitative estimate of drug-likeness (QED) is 0.838. The molecule has 2 N–H and O–H groups in total. The third-order valence-electron chi connectivity index (χ3n) is 4.40. The number of rotatable bonds is 6. The Kier molecular flexibility index (Phi) is 6.46. The summed E-state index contributed by atoms with van der Waals surface area (Å²) in [6, 6.07) is 7.65. The van der Waals surface area contributed by atoms with Gasteiger partial charge in [-0.15, -0.1) is 0 Å². The summed E-state index contributed by atoms with van der Waals surface area (Å²) < 4.78 is 5.40. The molecule has 0 aliphatic heterocycles. The number of hydrogen-bond donors (Lipinski definition) is 2. The van der Waals surface area contributed by atoms with Crippen LogP contribution in [-0.2, 0) is 11.3 Å². The number of nitrogens with zero attached hydrogens (tertiary/aromatic N) is 1. The molecular formula is C18H26N2O4. The molecule has 0 unspecified atom stereocenters. The Labute approximate surface area is 142 Å². The molecule has 1 aromatic rings. The Morgan fingerprint density at radius 2 is 1.83 bits per heavy atom. The molecular weight excluding hydrogens is 308 g/mol. The van der Waals surface area contributed by atoms with Crippen LogP contribution in [0.1, 0.15) is 38.2 Å². The van der Waals surface area contributed by atoms with Crippen LogP contribution in [0.2, 0.25) is 0 Å². The van der Waals surface area contributed by atoms with Gasteiger partial charge in [-0.3, -0.25) is 4.79 Å². The maximum absolute atomic E-state index is 12.3. The molecule has 6 heteroatoms. The summed E-state index contributed by atoms with van der Waals surface area (Å²) in [5.41, 5.74) is 1.03. The fraction of sp³-hybridized carbons (Fsp3) is 0.556. The third kappa shape index (κ3) is 5.15. The van der Waals surface area contributed by atoms with Crippen LogP contribution in [0.25, 0.3) is 0 Å². The number of nitrogens with one attached hydrogen (secondary N) is 1. The molecule has 0 bridgehead atoms. The van der Waals surface area contributed by atoms with Gasteiger partial charge in [0.25, 0.3) is 0 Å². The average Bonchev–Trinajstić information content (AvgIpc) is 2.57. The Morgan fingerprint density at radius 1 is 1.21 bits per heavy atom. The number of benzene rings is 1. The summed E-state index contributed by atoms with van der Waals surface area (Å²) in [6.45, 7) is 3.09. The van der Waals surface area contributed by atoms with E-state index in [1.54, 1.807) is 11.9 Å². The first-order valence-electron chi connectivity index (χ1n) is 8.45. The van der Waals surface area contributed by atoms with Gasteiger partial charge in [0.2, 0.25) is 0 Å².